The largest absolute Gasteiger partial charge is 0.398 e. The highest BCUT2D eigenvalue weighted by atomic mass is 79.9. The molecule has 0 aliphatic heterocycles. The summed E-state index contributed by atoms with van der Waals surface area (Å²) in [6.45, 7) is 5.23. The summed E-state index contributed by atoms with van der Waals surface area (Å²) in [5.74, 6) is 0.998. The number of hydrogen-bond acceptors (Lipinski definition) is 2. The number of rotatable bonds is 3. The van der Waals surface area contributed by atoms with Gasteiger partial charge < -0.3 is 10.3 Å². The molecule has 0 fully saturated rings. The molecule has 0 bridgehead atoms. The number of hydrogen-bond donors (Lipinski definition) is 1. The molecule has 3 aromatic rings. The Morgan fingerprint density at radius 2 is 2.00 bits per heavy atom. The Morgan fingerprint density at radius 1 is 1.19 bits per heavy atom. The average Bonchev–Trinajstić information content (AvgIpc) is 2.80. The quantitative estimate of drug-likeness (QED) is 0.696. The predicted octanol–water partition coefficient (Wildman–Crippen LogP) is 4.77. The summed E-state index contributed by atoms with van der Waals surface area (Å²) in [5.41, 5.74) is 11.2. The van der Waals surface area contributed by atoms with Crippen LogP contribution in [0.25, 0.3) is 22.4 Å². The molecule has 21 heavy (non-hydrogen) atoms. The van der Waals surface area contributed by atoms with E-state index in [1.165, 1.54) is 11.1 Å². The Morgan fingerprint density at radius 3 is 2.71 bits per heavy atom. The van der Waals surface area contributed by atoms with Crippen molar-refractivity contribution in [1.29, 1.82) is 0 Å². The lowest BCUT2D eigenvalue weighted by molar-refractivity contribution is 0.704. The second-order valence-electron chi connectivity index (χ2n) is 5.32. The molecule has 0 unspecified atom stereocenters. The van der Waals surface area contributed by atoms with Gasteiger partial charge in [-0.25, -0.2) is 4.98 Å². The van der Waals surface area contributed by atoms with Gasteiger partial charge in [-0.1, -0.05) is 13.0 Å². The van der Waals surface area contributed by atoms with Gasteiger partial charge in [0.05, 0.1) is 11.0 Å². The van der Waals surface area contributed by atoms with E-state index in [0.29, 0.717) is 0 Å². The van der Waals surface area contributed by atoms with Gasteiger partial charge in [0.15, 0.2) is 0 Å². The molecule has 1 aromatic heterocycles. The number of fused-ring (bicyclic) bond motifs is 1. The van der Waals surface area contributed by atoms with E-state index in [9.17, 15) is 0 Å². The third kappa shape index (κ3) is 2.56. The maximum atomic E-state index is 5.88. The predicted molar refractivity (Wildman–Crippen MR) is 92.3 cm³/mol. The third-order valence-electron chi connectivity index (χ3n) is 3.61. The third-order valence-corrected chi connectivity index (χ3v) is 4.30. The Kier molecular flexibility index (Phi) is 3.72. The minimum Gasteiger partial charge on any atom is -0.398 e. The van der Waals surface area contributed by atoms with Crippen molar-refractivity contribution in [3.05, 3.63) is 46.4 Å². The van der Waals surface area contributed by atoms with Crippen molar-refractivity contribution < 1.29 is 0 Å². The first kappa shape index (κ1) is 14.1. The van der Waals surface area contributed by atoms with E-state index in [1.807, 2.05) is 18.2 Å². The van der Waals surface area contributed by atoms with Crippen molar-refractivity contribution in [3.63, 3.8) is 0 Å². The van der Waals surface area contributed by atoms with Crippen molar-refractivity contribution in [3.8, 4) is 11.4 Å². The first-order chi connectivity index (χ1) is 10.1. The van der Waals surface area contributed by atoms with Crippen LogP contribution in [0.1, 0.15) is 18.9 Å². The number of aryl methyl sites for hydroxylation is 2. The van der Waals surface area contributed by atoms with Crippen LogP contribution in [-0.2, 0) is 6.54 Å². The average molecular weight is 344 g/mol. The zero-order chi connectivity index (χ0) is 15.0. The van der Waals surface area contributed by atoms with E-state index in [0.717, 1.165) is 40.0 Å². The molecule has 108 valence electrons. The summed E-state index contributed by atoms with van der Waals surface area (Å²) >= 11 is 3.50. The van der Waals surface area contributed by atoms with Crippen molar-refractivity contribution in [2.75, 3.05) is 5.73 Å². The Labute approximate surface area is 132 Å². The normalized spacial score (nSPS) is 11.2. The van der Waals surface area contributed by atoms with Crippen LogP contribution in [0.3, 0.4) is 0 Å². The zero-order valence-electron chi connectivity index (χ0n) is 12.2. The molecule has 4 heteroatoms. The van der Waals surface area contributed by atoms with Gasteiger partial charge in [0.1, 0.15) is 5.82 Å². The highest BCUT2D eigenvalue weighted by Gasteiger charge is 2.13. The van der Waals surface area contributed by atoms with Crippen LogP contribution in [0.4, 0.5) is 5.69 Å². The minimum absolute atomic E-state index is 0.743. The van der Waals surface area contributed by atoms with Crippen LogP contribution in [0, 0.1) is 6.92 Å². The molecule has 0 aliphatic rings. The van der Waals surface area contributed by atoms with Gasteiger partial charge in [-0.2, -0.15) is 0 Å². The number of imidazole rings is 1. The number of halogens is 1. The molecule has 3 nitrogen and oxygen atoms in total. The van der Waals surface area contributed by atoms with Gasteiger partial charge in [-0.15, -0.1) is 0 Å². The number of aromatic nitrogens is 2. The summed E-state index contributed by atoms with van der Waals surface area (Å²) in [4.78, 5) is 4.83. The first-order valence-corrected chi connectivity index (χ1v) is 7.91. The molecule has 1 heterocycles. The molecule has 0 saturated carbocycles. The smallest absolute Gasteiger partial charge is 0.141 e. The second-order valence-corrected chi connectivity index (χ2v) is 6.17. The van der Waals surface area contributed by atoms with Gasteiger partial charge in [-0.05, 0) is 65.2 Å². The Hall–Kier alpha value is -1.81. The molecule has 2 N–H and O–H groups in total. The van der Waals surface area contributed by atoms with Gasteiger partial charge in [0, 0.05) is 22.3 Å². The maximum absolute atomic E-state index is 5.88. The summed E-state index contributed by atoms with van der Waals surface area (Å²) in [7, 11) is 0. The number of nitrogen functional groups attached to an aromatic ring is 1. The van der Waals surface area contributed by atoms with Crippen molar-refractivity contribution in [2.45, 2.75) is 26.8 Å². The zero-order valence-corrected chi connectivity index (χ0v) is 13.8. The van der Waals surface area contributed by atoms with E-state index >= 15 is 0 Å². The number of anilines is 1. The number of nitrogens with two attached hydrogens (primary N) is 1. The van der Waals surface area contributed by atoms with Gasteiger partial charge in [0.25, 0.3) is 0 Å². The van der Waals surface area contributed by atoms with E-state index in [1.54, 1.807) is 0 Å². The molecule has 0 radical (unpaired) electrons. The highest BCUT2D eigenvalue weighted by Crippen LogP contribution is 2.30. The summed E-state index contributed by atoms with van der Waals surface area (Å²) in [5, 5.41) is 0. The van der Waals surface area contributed by atoms with Gasteiger partial charge >= 0.3 is 0 Å². The van der Waals surface area contributed by atoms with E-state index in [-0.39, 0.29) is 0 Å². The fourth-order valence-electron chi connectivity index (χ4n) is 2.58. The standard InChI is InChI=1S/C17H18BrN3/c1-3-8-21-16-7-4-11(2)9-15(16)20-17(21)12-5-6-14(19)13(18)10-12/h4-7,9-10H,3,8,19H2,1-2H3. The fourth-order valence-corrected chi connectivity index (χ4v) is 2.96. The van der Waals surface area contributed by atoms with Crippen molar-refractivity contribution in [1.82, 2.24) is 9.55 Å². The van der Waals surface area contributed by atoms with Crippen LogP contribution in [0.2, 0.25) is 0 Å². The molecule has 3 rings (SSSR count). The number of benzene rings is 2. The summed E-state index contributed by atoms with van der Waals surface area (Å²) in [6, 6.07) is 12.4. The maximum Gasteiger partial charge on any atom is 0.141 e. The number of nitrogens with zero attached hydrogens (tertiary/aromatic N) is 2. The van der Waals surface area contributed by atoms with Gasteiger partial charge in [0.2, 0.25) is 0 Å². The second kappa shape index (κ2) is 5.53. The molecule has 0 atom stereocenters. The molecule has 0 spiro atoms. The summed E-state index contributed by atoms with van der Waals surface area (Å²) in [6.07, 6.45) is 1.07. The molecule has 0 saturated heterocycles. The SMILES string of the molecule is CCCn1c(-c2ccc(N)c(Br)c2)nc2cc(C)ccc21. The first-order valence-electron chi connectivity index (χ1n) is 7.12. The molecule has 2 aromatic carbocycles. The molecule has 0 aliphatic carbocycles. The fraction of sp³-hybridized carbons (Fsp3) is 0.235. The lowest BCUT2D eigenvalue weighted by Crippen LogP contribution is -2.00. The van der Waals surface area contributed by atoms with Crippen molar-refractivity contribution in [2.24, 2.45) is 0 Å². The molecular formula is C17H18BrN3. The molecular weight excluding hydrogens is 326 g/mol. The van der Waals surface area contributed by atoms with E-state index < -0.39 is 0 Å². The monoisotopic (exact) mass is 343 g/mol. The van der Waals surface area contributed by atoms with Crippen LogP contribution in [-0.4, -0.2) is 9.55 Å². The van der Waals surface area contributed by atoms with Crippen LogP contribution in [0.5, 0.6) is 0 Å². The Balaban J connectivity index is 2.24. The highest BCUT2D eigenvalue weighted by molar-refractivity contribution is 9.10. The van der Waals surface area contributed by atoms with E-state index in [4.69, 9.17) is 10.7 Å². The van der Waals surface area contributed by atoms with Gasteiger partial charge in [-0.3, -0.25) is 0 Å². The van der Waals surface area contributed by atoms with Crippen LogP contribution < -0.4 is 5.73 Å². The van der Waals surface area contributed by atoms with Crippen molar-refractivity contribution >= 4 is 32.7 Å². The van der Waals surface area contributed by atoms with Crippen LogP contribution in [0.15, 0.2) is 40.9 Å². The topological polar surface area (TPSA) is 43.8 Å². The molecule has 0 amide bonds. The lowest BCUT2D eigenvalue weighted by atomic mass is 10.2. The Bertz CT molecular complexity index is 805. The minimum atomic E-state index is 0.743. The van der Waals surface area contributed by atoms with E-state index in [2.05, 4.69) is 52.5 Å². The van der Waals surface area contributed by atoms with Crippen LogP contribution >= 0.6 is 15.9 Å². The summed E-state index contributed by atoms with van der Waals surface area (Å²) < 4.78 is 3.19. The lowest BCUT2D eigenvalue weighted by Gasteiger charge is -2.09.